The average Bonchev–Trinajstić information content (AvgIpc) is 2.63. The van der Waals surface area contributed by atoms with E-state index in [0.29, 0.717) is 5.39 Å². The Hall–Kier alpha value is -1.39. The first-order valence-corrected chi connectivity index (χ1v) is 6.52. The van der Waals surface area contributed by atoms with Crippen molar-refractivity contribution >= 4 is 20.9 Å². The van der Waals surface area contributed by atoms with Gasteiger partial charge in [-0.15, -0.1) is 0 Å². The van der Waals surface area contributed by atoms with Crippen LogP contribution < -0.4 is 0 Å². The summed E-state index contributed by atoms with van der Waals surface area (Å²) in [6.45, 7) is 0. The lowest BCUT2D eigenvalue weighted by Gasteiger charge is -2.05. The van der Waals surface area contributed by atoms with Crippen LogP contribution >= 0.6 is 0 Å². The standard InChI is InChI=1S/C12H10O3S/c13-16(14,15)11-7-6-9-5-4-8-2-1-3-10(11)12(8)9/h1-3,6-7H,4-5H2,(H,13,14,15). The van der Waals surface area contributed by atoms with E-state index in [1.165, 1.54) is 6.07 Å². The Labute approximate surface area is 93.5 Å². The largest absolute Gasteiger partial charge is 0.295 e. The van der Waals surface area contributed by atoms with Gasteiger partial charge in [0.15, 0.2) is 0 Å². The minimum Gasteiger partial charge on any atom is -0.282 e. The highest BCUT2D eigenvalue weighted by atomic mass is 32.2. The third-order valence-electron chi connectivity index (χ3n) is 3.11. The summed E-state index contributed by atoms with van der Waals surface area (Å²) in [5.41, 5.74) is 2.33. The fourth-order valence-electron chi connectivity index (χ4n) is 2.45. The molecule has 1 aliphatic rings. The molecule has 0 unspecified atom stereocenters. The molecule has 1 aliphatic carbocycles. The SMILES string of the molecule is O=S(=O)(O)c1ccc2c3c(cccc13)CC2. The van der Waals surface area contributed by atoms with Crippen LogP contribution in [0, 0.1) is 0 Å². The molecule has 0 bridgehead atoms. The lowest BCUT2D eigenvalue weighted by atomic mass is 10.1. The molecule has 2 aromatic carbocycles. The predicted molar refractivity (Wildman–Crippen MR) is 61.2 cm³/mol. The van der Waals surface area contributed by atoms with Gasteiger partial charge in [0.1, 0.15) is 4.90 Å². The first-order chi connectivity index (χ1) is 7.57. The molecule has 0 aliphatic heterocycles. The van der Waals surface area contributed by atoms with E-state index in [1.54, 1.807) is 12.1 Å². The van der Waals surface area contributed by atoms with Crippen LogP contribution in [0.1, 0.15) is 11.1 Å². The van der Waals surface area contributed by atoms with Gasteiger partial charge in [-0.05, 0) is 35.4 Å². The van der Waals surface area contributed by atoms with Crippen molar-refractivity contribution in [1.29, 1.82) is 0 Å². The molecular formula is C12H10O3S. The zero-order valence-corrected chi connectivity index (χ0v) is 9.29. The molecule has 82 valence electrons. The molecule has 4 heteroatoms. The van der Waals surface area contributed by atoms with E-state index in [2.05, 4.69) is 0 Å². The Kier molecular flexibility index (Phi) is 1.87. The second-order valence-corrected chi connectivity index (χ2v) is 5.43. The molecule has 1 N–H and O–H groups in total. The van der Waals surface area contributed by atoms with E-state index in [-0.39, 0.29) is 4.90 Å². The van der Waals surface area contributed by atoms with Crippen molar-refractivity contribution in [2.24, 2.45) is 0 Å². The van der Waals surface area contributed by atoms with Gasteiger partial charge in [0, 0.05) is 5.39 Å². The van der Waals surface area contributed by atoms with Crippen LogP contribution in [0.25, 0.3) is 10.8 Å². The number of hydrogen-bond acceptors (Lipinski definition) is 2. The maximum atomic E-state index is 11.2. The van der Waals surface area contributed by atoms with Crippen molar-refractivity contribution in [3.8, 4) is 0 Å². The third kappa shape index (κ3) is 1.27. The van der Waals surface area contributed by atoms with Crippen molar-refractivity contribution in [3.05, 3.63) is 41.5 Å². The number of benzene rings is 2. The molecule has 2 aromatic rings. The minimum absolute atomic E-state index is 0.00926. The molecule has 0 aromatic heterocycles. The van der Waals surface area contributed by atoms with Crippen LogP contribution in [0.3, 0.4) is 0 Å². The van der Waals surface area contributed by atoms with Crippen molar-refractivity contribution in [2.45, 2.75) is 17.7 Å². The lowest BCUT2D eigenvalue weighted by Crippen LogP contribution is -1.99. The molecule has 0 radical (unpaired) electrons. The summed E-state index contributed by atoms with van der Waals surface area (Å²) >= 11 is 0. The van der Waals surface area contributed by atoms with Gasteiger partial charge in [0.05, 0.1) is 0 Å². The normalized spacial score (nSPS) is 14.6. The molecule has 3 nitrogen and oxygen atoms in total. The van der Waals surface area contributed by atoms with Gasteiger partial charge in [-0.25, -0.2) is 0 Å². The highest BCUT2D eigenvalue weighted by Crippen LogP contribution is 2.34. The van der Waals surface area contributed by atoms with Gasteiger partial charge in [-0.3, -0.25) is 4.55 Å². The number of hydrogen-bond donors (Lipinski definition) is 1. The topological polar surface area (TPSA) is 54.4 Å². The highest BCUT2D eigenvalue weighted by Gasteiger charge is 2.20. The zero-order valence-electron chi connectivity index (χ0n) is 8.47. The van der Waals surface area contributed by atoms with Crippen LogP contribution in [-0.4, -0.2) is 13.0 Å². The van der Waals surface area contributed by atoms with E-state index < -0.39 is 10.1 Å². The summed E-state index contributed by atoms with van der Waals surface area (Å²) in [5, 5.41) is 1.63. The molecule has 0 fully saturated rings. The Morgan fingerprint density at radius 3 is 2.38 bits per heavy atom. The summed E-state index contributed by atoms with van der Waals surface area (Å²) in [6.07, 6.45) is 1.89. The van der Waals surface area contributed by atoms with Gasteiger partial charge in [0.2, 0.25) is 0 Å². The van der Waals surface area contributed by atoms with E-state index in [4.69, 9.17) is 4.55 Å². The number of rotatable bonds is 1. The summed E-state index contributed by atoms with van der Waals surface area (Å²) in [7, 11) is -4.14. The molecule has 3 rings (SSSR count). The Morgan fingerprint density at radius 1 is 1.00 bits per heavy atom. The van der Waals surface area contributed by atoms with Crippen LogP contribution in [0.2, 0.25) is 0 Å². The minimum atomic E-state index is -4.14. The molecular weight excluding hydrogens is 224 g/mol. The van der Waals surface area contributed by atoms with Crippen molar-refractivity contribution in [3.63, 3.8) is 0 Å². The van der Waals surface area contributed by atoms with Crippen LogP contribution in [0.4, 0.5) is 0 Å². The van der Waals surface area contributed by atoms with Gasteiger partial charge in [-0.2, -0.15) is 8.42 Å². The van der Waals surface area contributed by atoms with Gasteiger partial charge in [0.25, 0.3) is 10.1 Å². The lowest BCUT2D eigenvalue weighted by molar-refractivity contribution is 0.484. The summed E-state index contributed by atoms with van der Waals surface area (Å²) < 4.78 is 31.7. The Morgan fingerprint density at radius 2 is 1.69 bits per heavy atom. The Balaban J connectivity index is 2.52. The molecule has 0 saturated heterocycles. The van der Waals surface area contributed by atoms with E-state index >= 15 is 0 Å². The molecule has 0 atom stereocenters. The highest BCUT2D eigenvalue weighted by molar-refractivity contribution is 7.86. The van der Waals surface area contributed by atoms with Crippen molar-refractivity contribution < 1.29 is 13.0 Å². The second kappa shape index (κ2) is 3.06. The van der Waals surface area contributed by atoms with E-state index in [0.717, 1.165) is 29.4 Å². The fraction of sp³-hybridized carbons (Fsp3) is 0.167. The number of aryl methyl sites for hydroxylation is 2. The summed E-state index contributed by atoms with van der Waals surface area (Å²) in [6, 6.07) is 8.87. The van der Waals surface area contributed by atoms with E-state index in [1.807, 2.05) is 12.1 Å². The first kappa shape index (κ1) is 9.81. The van der Waals surface area contributed by atoms with Crippen LogP contribution in [0.15, 0.2) is 35.2 Å². The Bertz CT molecular complexity index is 676. The molecule has 0 amide bonds. The maximum Gasteiger partial charge on any atom is 0.295 e. The molecule has 0 heterocycles. The van der Waals surface area contributed by atoms with Gasteiger partial charge >= 0.3 is 0 Å². The molecule has 0 saturated carbocycles. The zero-order chi connectivity index (χ0) is 11.3. The predicted octanol–water partition coefficient (Wildman–Crippen LogP) is 2.19. The van der Waals surface area contributed by atoms with Gasteiger partial charge < -0.3 is 0 Å². The molecule has 16 heavy (non-hydrogen) atoms. The van der Waals surface area contributed by atoms with Crippen molar-refractivity contribution in [2.75, 3.05) is 0 Å². The maximum absolute atomic E-state index is 11.2. The fourth-order valence-corrected chi connectivity index (χ4v) is 3.13. The van der Waals surface area contributed by atoms with Crippen molar-refractivity contribution in [1.82, 2.24) is 0 Å². The van der Waals surface area contributed by atoms with Crippen LogP contribution in [-0.2, 0) is 23.0 Å². The quantitative estimate of drug-likeness (QED) is 0.769. The summed E-state index contributed by atoms with van der Waals surface area (Å²) in [5.74, 6) is 0. The monoisotopic (exact) mass is 234 g/mol. The average molecular weight is 234 g/mol. The van der Waals surface area contributed by atoms with Crippen LogP contribution in [0.5, 0.6) is 0 Å². The summed E-state index contributed by atoms with van der Waals surface area (Å²) in [4.78, 5) is 0.00926. The van der Waals surface area contributed by atoms with E-state index in [9.17, 15) is 8.42 Å². The second-order valence-electron chi connectivity index (χ2n) is 4.04. The van der Waals surface area contributed by atoms with Gasteiger partial charge in [-0.1, -0.05) is 24.3 Å². The smallest absolute Gasteiger partial charge is 0.282 e. The molecule has 0 spiro atoms. The first-order valence-electron chi connectivity index (χ1n) is 5.08. The third-order valence-corrected chi connectivity index (χ3v) is 4.03.